The molecule has 0 unspecified atom stereocenters. The third-order valence-corrected chi connectivity index (χ3v) is 4.47. The van der Waals surface area contributed by atoms with E-state index in [1.165, 1.54) is 32.1 Å². The molecule has 5 heteroatoms. The molecule has 3 rings (SSSR count). The molecular weight excluding hydrogens is 254 g/mol. The zero-order chi connectivity index (χ0) is 14.1. The van der Waals surface area contributed by atoms with Crippen molar-refractivity contribution in [3.63, 3.8) is 0 Å². The predicted molar refractivity (Wildman–Crippen MR) is 76.6 cm³/mol. The lowest BCUT2D eigenvalue weighted by molar-refractivity contribution is -0.118. The van der Waals surface area contributed by atoms with Gasteiger partial charge in [0, 0.05) is 18.9 Å². The Balaban J connectivity index is 1.64. The molecule has 1 heterocycles. The molecule has 2 atom stereocenters. The number of hydrogen-bond acceptors (Lipinski definition) is 3. The Morgan fingerprint density at radius 3 is 2.80 bits per heavy atom. The minimum Gasteiger partial charge on any atom is -0.381 e. The van der Waals surface area contributed by atoms with Gasteiger partial charge in [-0.25, -0.2) is 0 Å². The molecule has 1 amide bonds. The summed E-state index contributed by atoms with van der Waals surface area (Å²) in [5.74, 6) is 0.713. The average Bonchev–Trinajstić information content (AvgIpc) is 3.17. The van der Waals surface area contributed by atoms with E-state index in [2.05, 4.69) is 22.0 Å². The van der Waals surface area contributed by atoms with Crippen molar-refractivity contribution < 1.29 is 9.53 Å². The van der Waals surface area contributed by atoms with Crippen LogP contribution in [0.25, 0.3) is 0 Å². The van der Waals surface area contributed by atoms with Gasteiger partial charge in [0.2, 0.25) is 5.91 Å². The van der Waals surface area contributed by atoms with E-state index in [-0.39, 0.29) is 17.9 Å². The number of anilines is 1. The fourth-order valence-corrected chi connectivity index (χ4v) is 3.17. The summed E-state index contributed by atoms with van der Waals surface area (Å²) in [7, 11) is 1.65. The van der Waals surface area contributed by atoms with Crippen LogP contribution in [-0.2, 0) is 9.53 Å². The van der Waals surface area contributed by atoms with Gasteiger partial charge in [-0.15, -0.1) is 0 Å². The quantitative estimate of drug-likeness (QED) is 0.920. The lowest BCUT2D eigenvalue weighted by Gasteiger charge is -2.23. The van der Waals surface area contributed by atoms with Crippen molar-refractivity contribution in [3.05, 3.63) is 11.8 Å². The fourth-order valence-electron chi connectivity index (χ4n) is 3.17. The van der Waals surface area contributed by atoms with E-state index in [1.807, 2.05) is 6.07 Å². The van der Waals surface area contributed by atoms with Crippen LogP contribution in [0.15, 0.2) is 6.07 Å². The summed E-state index contributed by atoms with van der Waals surface area (Å²) < 4.78 is 7.26. The number of rotatable bonds is 4. The maximum atomic E-state index is 12.0. The number of ether oxygens (including phenoxy) is 1. The van der Waals surface area contributed by atoms with Gasteiger partial charge in [-0.2, -0.15) is 5.10 Å². The first-order valence-electron chi connectivity index (χ1n) is 7.59. The van der Waals surface area contributed by atoms with E-state index in [9.17, 15) is 4.79 Å². The van der Waals surface area contributed by atoms with Crippen LogP contribution in [-0.4, -0.2) is 28.9 Å². The number of hydrogen-bond donors (Lipinski definition) is 1. The lowest BCUT2D eigenvalue weighted by Crippen LogP contribution is -2.18. The monoisotopic (exact) mass is 277 g/mol. The number of nitrogens with one attached hydrogen (secondary N) is 1. The van der Waals surface area contributed by atoms with Gasteiger partial charge in [0.25, 0.3) is 0 Å². The van der Waals surface area contributed by atoms with Crippen molar-refractivity contribution in [2.24, 2.45) is 5.92 Å². The Morgan fingerprint density at radius 2 is 2.15 bits per heavy atom. The summed E-state index contributed by atoms with van der Waals surface area (Å²) >= 11 is 0. The summed E-state index contributed by atoms with van der Waals surface area (Å²) in [5, 5.41) is 7.50. The Hall–Kier alpha value is -1.36. The van der Waals surface area contributed by atoms with Crippen LogP contribution in [0.4, 0.5) is 5.82 Å². The maximum absolute atomic E-state index is 12.0. The van der Waals surface area contributed by atoms with Crippen LogP contribution in [0.1, 0.15) is 50.3 Å². The van der Waals surface area contributed by atoms with Gasteiger partial charge >= 0.3 is 0 Å². The van der Waals surface area contributed by atoms with Crippen molar-refractivity contribution >= 4 is 11.7 Å². The van der Waals surface area contributed by atoms with Gasteiger partial charge in [0.15, 0.2) is 5.82 Å². The predicted octanol–water partition coefficient (Wildman–Crippen LogP) is 2.67. The average molecular weight is 277 g/mol. The van der Waals surface area contributed by atoms with Crippen LogP contribution >= 0.6 is 0 Å². The van der Waals surface area contributed by atoms with Crippen LogP contribution < -0.4 is 5.32 Å². The Morgan fingerprint density at radius 1 is 1.40 bits per heavy atom. The Bertz CT molecular complexity index is 491. The first-order chi connectivity index (χ1) is 9.69. The molecule has 20 heavy (non-hydrogen) atoms. The van der Waals surface area contributed by atoms with Crippen LogP contribution in [0.5, 0.6) is 0 Å². The second kappa shape index (κ2) is 5.56. The molecule has 0 aliphatic heterocycles. The van der Waals surface area contributed by atoms with Gasteiger partial charge in [0.05, 0.1) is 18.1 Å². The van der Waals surface area contributed by atoms with E-state index in [0.717, 1.165) is 12.1 Å². The summed E-state index contributed by atoms with van der Waals surface area (Å²) in [4.78, 5) is 12.0. The van der Waals surface area contributed by atoms with Crippen LogP contribution in [0, 0.1) is 12.8 Å². The van der Waals surface area contributed by atoms with E-state index in [4.69, 9.17) is 4.74 Å². The molecule has 1 N–H and O–H groups in total. The Labute approximate surface area is 119 Å². The van der Waals surface area contributed by atoms with Crippen molar-refractivity contribution in [2.45, 2.75) is 57.6 Å². The zero-order valence-corrected chi connectivity index (χ0v) is 12.3. The molecule has 0 radical (unpaired) electrons. The second-order valence-electron chi connectivity index (χ2n) is 6.01. The van der Waals surface area contributed by atoms with Crippen LogP contribution in [0.3, 0.4) is 0 Å². The van der Waals surface area contributed by atoms with Gasteiger partial charge in [-0.05, 0) is 26.2 Å². The maximum Gasteiger partial charge on any atom is 0.231 e. The first-order valence-corrected chi connectivity index (χ1v) is 7.59. The lowest BCUT2D eigenvalue weighted by atomic mass is 9.95. The zero-order valence-electron chi connectivity index (χ0n) is 12.3. The van der Waals surface area contributed by atoms with Gasteiger partial charge in [-0.1, -0.05) is 19.3 Å². The molecule has 2 saturated carbocycles. The summed E-state index contributed by atoms with van der Waals surface area (Å²) in [6.45, 7) is 2.06. The molecule has 1 aromatic heterocycles. The van der Waals surface area contributed by atoms with Crippen molar-refractivity contribution in [2.75, 3.05) is 12.4 Å². The number of nitrogens with zero attached hydrogens (tertiary/aromatic N) is 2. The van der Waals surface area contributed by atoms with Crippen molar-refractivity contribution in [3.8, 4) is 0 Å². The number of carbonyl (C=O) groups is 1. The SMILES string of the molecule is CO[C@@H]1C[C@H]1C(=O)Nc1cc(C)n(C2CCCCC2)n1. The van der Waals surface area contributed by atoms with Gasteiger partial charge < -0.3 is 10.1 Å². The van der Waals surface area contributed by atoms with E-state index in [0.29, 0.717) is 11.9 Å². The summed E-state index contributed by atoms with van der Waals surface area (Å²) in [6, 6.07) is 2.47. The minimum atomic E-state index is 0.000127. The molecule has 0 saturated heterocycles. The molecular formula is C15H23N3O2. The third kappa shape index (κ3) is 2.73. The van der Waals surface area contributed by atoms with Gasteiger partial charge in [0.1, 0.15) is 0 Å². The number of methoxy groups -OCH3 is 1. The first kappa shape index (κ1) is 13.6. The van der Waals surface area contributed by atoms with Crippen molar-refractivity contribution in [1.82, 2.24) is 9.78 Å². The molecule has 2 aliphatic carbocycles. The summed E-state index contributed by atoms with van der Waals surface area (Å²) in [5.41, 5.74) is 1.13. The van der Waals surface area contributed by atoms with E-state index < -0.39 is 0 Å². The molecule has 2 aliphatic rings. The number of aryl methyl sites for hydroxylation is 1. The highest BCUT2D eigenvalue weighted by atomic mass is 16.5. The second-order valence-corrected chi connectivity index (χ2v) is 6.01. The molecule has 110 valence electrons. The topological polar surface area (TPSA) is 56.1 Å². The van der Waals surface area contributed by atoms with Crippen LogP contribution in [0.2, 0.25) is 0 Å². The smallest absolute Gasteiger partial charge is 0.231 e. The fraction of sp³-hybridized carbons (Fsp3) is 0.733. The molecule has 5 nitrogen and oxygen atoms in total. The van der Waals surface area contributed by atoms with Gasteiger partial charge in [-0.3, -0.25) is 9.48 Å². The minimum absolute atomic E-state index is 0.000127. The normalized spacial score (nSPS) is 26.5. The van der Waals surface area contributed by atoms with E-state index >= 15 is 0 Å². The molecule has 0 aromatic carbocycles. The molecule has 1 aromatic rings. The highest BCUT2D eigenvalue weighted by Crippen LogP contribution is 2.34. The Kier molecular flexibility index (Phi) is 3.78. The van der Waals surface area contributed by atoms with E-state index in [1.54, 1.807) is 7.11 Å². The highest BCUT2D eigenvalue weighted by molar-refractivity contribution is 5.94. The molecule has 0 bridgehead atoms. The number of aromatic nitrogens is 2. The summed E-state index contributed by atoms with van der Waals surface area (Å²) in [6.07, 6.45) is 7.21. The third-order valence-electron chi connectivity index (χ3n) is 4.47. The molecule has 0 spiro atoms. The van der Waals surface area contributed by atoms with Crippen molar-refractivity contribution in [1.29, 1.82) is 0 Å². The highest BCUT2D eigenvalue weighted by Gasteiger charge is 2.43. The molecule has 2 fully saturated rings. The largest absolute Gasteiger partial charge is 0.381 e. The standard InChI is InChI=1S/C15H23N3O2/c1-10-8-14(16-15(19)12-9-13(12)20-2)17-18(10)11-6-4-3-5-7-11/h8,11-13H,3-7,9H2,1-2H3,(H,16,17,19)/t12-,13-/m1/s1. The number of carbonyl (C=O) groups excluding carboxylic acids is 1. The number of amides is 1.